The first-order chi connectivity index (χ1) is 4.70. The standard InChI is InChI=1S/C6H12O4/c7-3-5(9)1-2-6(10)4-8/h3,6-10H,1-2,4H2. The van der Waals surface area contributed by atoms with Crippen molar-refractivity contribution >= 4 is 0 Å². The van der Waals surface area contributed by atoms with Crippen LogP contribution in [0.4, 0.5) is 0 Å². The van der Waals surface area contributed by atoms with Crippen LogP contribution in [0.25, 0.3) is 0 Å². The Bertz CT molecular complexity index is 110. The van der Waals surface area contributed by atoms with E-state index < -0.39 is 6.10 Å². The Balaban J connectivity index is 3.35. The summed E-state index contributed by atoms with van der Waals surface area (Å²) in [5.41, 5.74) is 0. The van der Waals surface area contributed by atoms with Gasteiger partial charge in [-0.25, -0.2) is 0 Å². The molecule has 0 aliphatic rings. The van der Waals surface area contributed by atoms with Gasteiger partial charge in [-0.3, -0.25) is 0 Å². The van der Waals surface area contributed by atoms with E-state index in [-0.39, 0.29) is 25.2 Å². The molecule has 0 aromatic rings. The monoisotopic (exact) mass is 148 g/mol. The minimum absolute atomic E-state index is 0.179. The molecule has 1 atom stereocenters. The summed E-state index contributed by atoms with van der Waals surface area (Å²) in [4.78, 5) is 0. The second-order valence-electron chi connectivity index (χ2n) is 2.00. The molecular weight excluding hydrogens is 136 g/mol. The van der Waals surface area contributed by atoms with E-state index in [4.69, 9.17) is 20.4 Å². The van der Waals surface area contributed by atoms with Gasteiger partial charge in [0.25, 0.3) is 0 Å². The molecule has 0 rings (SSSR count). The largest absolute Gasteiger partial charge is 0.512 e. The fraction of sp³-hybridized carbons (Fsp3) is 0.667. The van der Waals surface area contributed by atoms with E-state index >= 15 is 0 Å². The maximum Gasteiger partial charge on any atom is 0.126 e. The number of aliphatic hydroxyl groups excluding tert-OH is 4. The summed E-state index contributed by atoms with van der Waals surface area (Å²) in [6.45, 7) is -0.321. The van der Waals surface area contributed by atoms with Crippen LogP contribution in [-0.4, -0.2) is 33.1 Å². The quantitative estimate of drug-likeness (QED) is 0.425. The van der Waals surface area contributed by atoms with Crippen molar-refractivity contribution < 1.29 is 20.4 Å². The molecule has 0 bridgehead atoms. The molecular formula is C6H12O4. The summed E-state index contributed by atoms with van der Waals surface area (Å²) in [6.07, 6.45) is 0.184. The molecule has 4 nitrogen and oxygen atoms in total. The van der Waals surface area contributed by atoms with Crippen molar-refractivity contribution in [3.05, 3.63) is 12.0 Å². The third kappa shape index (κ3) is 4.17. The van der Waals surface area contributed by atoms with Crippen LogP contribution < -0.4 is 0 Å². The Morgan fingerprint density at radius 3 is 2.50 bits per heavy atom. The first kappa shape index (κ1) is 9.26. The zero-order valence-electron chi connectivity index (χ0n) is 5.56. The Hall–Kier alpha value is -0.740. The Labute approximate surface area is 59.1 Å². The Kier molecular flexibility index (Phi) is 4.70. The van der Waals surface area contributed by atoms with Crippen LogP contribution in [0.5, 0.6) is 0 Å². The van der Waals surface area contributed by atoms with Gasteiger partial charge in [-0.2, -0.15) is 0 Å². The van der Waals surface area contributed by atoms with E-state index in [2.05, 4.69) is 0 Å². The average Bonchev–Trinajstić information content (AvgIpc) is 1.99. The summed E-state index contributed by atoms with van der Waals surface area (Å²) in [7, 11) is 0. The van der Waals surface area contributed by atoms with Crippen LogP contribution in [-0.2, 0) is 0 Å². The maximum absolute atomic E-state index is 8.73. The van der Waals surface area contributed by atoms with Crippen LogP contribution >= 0.6 is 0 Å². The van der Waals surface area contributed by atoms with E-state index in [0.29, 0.717) is 6.26 Å². The van der Waals surface area contributed by atoms with Gasteiger partial charge in [0.2, 0.25) is 0 Å². The molecule has 4 heteroatoms. The molecule has 4 N–H and O–H groups in total. The topological polar surface area (TPSA) is 80.9 Å². The van der Waals surface area contributed by atoms with Crippen molar-refractivity contribution in [2.75, 3.05) is 6.61 Å². The molecule has 0 saturated carbocycles. The van der Waals surface area contributed by atoms with Crippen molar-refractivity contribution in [3.8, 4) is 0 Å². The zero-order chi connectivity index (χ0) is 7.98. The van der Waals surface area contributed by atoms with Crippen LogP contribution in [0.15, 0.2) is 12.0 Å². The number of aliphatic hydroxyl groups is 4. The van der Waals surface area contributed by atoms with Gasteiger partial charge in [0.1, 0.15) is 12.0 Å². The van der Waals surface area contributed by atoms with Crippen LogP contribution in [0.2, 0.25) is 0 Å². The van der Waals surface area contributed by atoms with Gasteiger partial charge in [-0.15, -0.1) is 0 Å². The van der Waals surface area contributed by atoms with E-state index in [1.54, 1.807) is 0 Å². The molecule has 0 saturated heterocycles. The van der Waals surface area contributed by atoms with Crippen molar-refractivity contribution in [2.24, 2.45) is 0 Å². The first-order valence-electron chi connectivity index (χ1n) is 3.01. The number of rotatable bonds is 4. The van der Waals surface area contributed by atoms with Crippen molar-refractivity contribution in [1.29, 1.82) is 0 Å². The van der Waals surface area contributed by atoms with Gasteiger partial charge < -0.3 is 20.4 Å². The molecule has 0 aromatic heterocycles. The van der Waals surface area contributed by atoms with Gasteiger partial charge in [0.05, 0.1) is 12.7 Å². The lowest BCUT2D eigenvalue weighted by Crippen LogP contribution is -2.11. The maximum atomic E-state index is 8.73. The number of allylic oxidation sites excluding steroid dienone is 1. The van der Waals surface area contributed by atoms with Gasteiger partial charge in [-0.05, 0) is 6.42 Å². The molecule has 0 heterocycles. The fourth-order valence-electron chi connectivity index (χ4n) is 0.470. The minimum Gasteiger partial charge on any atom is -0.512 e. The predicted octanol–water partition coefficient (Wildman–Crippen LogP) is 0.0772. The lowest BCUT2D eigenvalue weighted by atomic mass is 10.2. The number of hydrogen-bond acceptors (Lipinski definition) is 4. The first-order valence-corrected chi connectivity index (χ1v) is 3.01. The van der Waals surface area contributed by atoms with Crippen molar-refractivity contribution in [2.45, 2.75) is 18.9 Å². The summed E-state index contributed by atoms with van der Waals surface area (Å²) in [5, 5.41) is 33.8. The van der Waals surface area contributed by atoms with E-state index in [1.165, 1.54) is 0 Å². The van der Waals surface area contributed by atoms with E-state index in [1.807, 2.05) is 0 Å². The minimum atomic E-state index is -0.818. The lowest BCUT2D eigenvalue weighted by Gasteiger charge is -2.04. The fourth-order valence-corrected chi connectivity index (χ4v) is 0.470. The molecule has 0 aliphatic heterocycles. The van der Waals surface area contributed by atoms with E-state index in [0.717, 1.165) is 0 Å². The Morgan fingerprint density at radius 1 is 1.50 bits per heavy atom. The normalized spacial score (nSPS) is 15.2. The second-order valence-corrected chi connectivity index (χ2v) is 2.00. The smallest absolute Gasteiger partial charge is 0.126 e. The summed E-state index contributed by atoms with van der Waals surface area (Å²) in [5.74, 6) is -0.187. The third-order valence-corrected chi connectivity index (χ3v) is 1.09. The van der Waals surface area contributed by atoms with Crippen LogP contribution in [0.1, 0.15) is 12.8 Å². The van der Waals surface area contributed by atoms with Crippen molar-refractivity contribution in [1.82, 2.24) is 0 Å². The molecule has 0 amide bonds. The molecule has 60 valence electrons. The zero-order valence-corrected chi connectivity index (χ0v) is 5.56. The van der Waals surface area contributed by atoms with Gasteiger partial charge in [-0.1, -0.05) is 0 Å². The summed E-state index contributed by atoms with van der Waals surface area (Å²) >= 11 is 0. The molecule has 0 aliphatic carbocycles. The van der Waals surface area contributed by atoms with Crippen molar-refractivity contribution in [3.63, 3.8) is 0 Å². The lowest BCUT2D eigenvalue weighted by molar-refractivity contribution is 0.0857. The third-order valence-electron chi connectivity index (χ3n) is 1.09. The van der Waals surface area contributed by atoms with E-state index in [9.17, 15) is 0 Å². The average molecular weight is 148 g/mol. The number of hydrogen-bond donors (Lipinski definition) is 4. The summed E-state index contributed by atoms with van der Waals surface area (Å²) < 4.78 is 0. The second kappa shape index (κ2) is 5.08. The molecule has 1 unspecified atom stereocenters. The van der Waals surface area contributed by atoms with Gasteiger partial charge in [0.15, 0.2) is 0 Å². The highest BCUT2D eigenvalue weighted by molar-refractivity contribution is 4.83. The van der Waals surface area contributed by atoms with Crippen LogP contribution in [0, 0.1) is 0 Å². The van der Waals surface area contributed by atoms with Crippen LogP contribution in [0.3, 0.4) is 0 Å². The molecule has 0 aromatic carbocycles. The summed E-state index contributed by atoms with van der Waals surface area (Å²) in [6, 6.07) is 0. The molecule has 0 spiro atoms. The SMILES string of the molecule is OC=C(O)CCC(O)CO. The molecule has 10 heavy (non-hydrogen) atoms. The van der Waals surface area contributed by atoms with Gasteiger partial charge in [0, 0.05) is 6.42 Å². The predicted molar refractivity (Wildman–Crippen MR) is 35.7 cm³/mol. The highest BCUT2D eigenvalue weighted by Crippen LogP contribution is 2.02. The molecule has 0 fully saturated rings. The Morgan fingerprint density at radius 2 is 2.10 bits per heavy atom. The van der Waals surface area contributed by atoms with Gasteiger partial charge >= 0.3 is 0 Å². The molecule has 0 radical (unpaired) electrons. The highest BCUT2D eigenvalue weighted by atomic mass is 16.3. The highest BCUT2D eigenvalue weighted by Gasteiger charge is 2.02.